The lowest BCUT2D eigenvalue weighted by atomic mass is 9.61. The van der Waals surface area contributed by atoms with Crippen LogP contribution in [0.5, 0.6) is 0 Å². The predicted octanol–water partition coefficient (Wildman–Crippen LogP) is 4.38. The molecule has 3 aliphatic rings. The van der Waals surface area contributed by atoms with E-state index in [9.17, 15) is 9.59 Å². The minimum Gasteiger partial charge on any atom is -0.455 e. The molecule has 0 spiro atoms. The lowest BCUT2D eigenvalue weighted by Crippen LogP contribution is -2.51. The Hall–Kier alpha value is -2.66. The molecule has 1 saturated carbocycles. The first-order valence-electron chi connectivity index (χ1n) is 11.2. The number of hydrogen-bond donors (Lipinski definition) is 1. The average Bonchev–Trinajstić information content (AvgIpc) is 3.22. The van der Waals surface area contributed by atoms with E-state index >= 15 is 0 Å². The number of benzene rings is 2. The topological polar surface area (TPSA) is 64.6 Å². The van der Waals surface area contributed by atoms with Gasteiger partial charge in [0.2, 0.25) is 0 Å². The zero-order valence-electron chi connectivity index (χ0n) is 18.0. The van der Waals surface area contributed by atoms with Crippen LogP contribution in [0.15, 0.2) is 60.7 Å². The van der Waals surface area contributed by atoms with E-state index in [0.29, 0.717) is 35.8 Å². The molecule has 1 N–H and O–H groups in total. The first kappa shape index (κ1) is 20.3. The Morgan fingerprint density at radius 2 is 1.13 bits per heavy atom. The molecule has 31 heavy (non-hydrogen) atoms. The van der Waals surface area contributed by atoms with Crippen LogP contribution in [-0.2, 0) is 9.47 Å². The molecule has 5 nitrogen and oxygen atoms in total. The van der Waals surface area contributed by atoms with E-state index in [1.54, 1.807) is 24.3 Å². The van der Waals surface area contributed by atoms with E-state index in [1.165, 1.54) is 0 Å². The van der Waals surface area contributed by atoms with Crippen LogP contribution in [0.25, 0.3) is 0 Å². The second-order valence-electron chi connectivity index (χ2n) is 9.76. The van der Waals surface area contributed by atoms with Crippen molar-refractivity contribution < 1.29 is 19.1 Å². The molecule has 5 heteroatoms. The average molecular weight is 420 g/mol. The van der Waals surface area contributed by atoms with Crippen LogP contribution in [0.4, 0.5) is 0 Å². The van der Waals surface area contributed by atoms with Gasteiger partial charge < -0.3 is 14.8 Å². The third-order valence-corrected chi connectivity index (χ3v) is 7.78. The fourth-order valence-corrected chi connectivity index (χ4v) is 6.20. The highest BCUT2D eigenvalue weighted by Crippen LogP contribution is 2.58. The number of ether oxygens (including phenoxy) is 2. The molecule has 1 aliphatic carbocycles. The van der Waals surface area contributed by atoms with E-state index < -0.39 is 12.2 Å². The Balaban J connectivity index is 1.40. The highest BCUT2D eigenvalue weighted by atomic mass is 16.6. The van der Waals surface area contributed by atoms with E-state index in [-0.39, 0.29) is 23.0 Å². The Morgan fingerprint density at radius 1 is 0.742 bits per heavy atom. The molecule has 2 heterocycles. The fourth-order valence-electron chi connectivity index (χ4n) is 6.20. The van der Waals surface area contributed by atoms with Crippen molar-refractivity contribution in [2.24, 2.45) is 11.8 Å². The molecule has 2 aliphatic heterocycles. The van der Waals surface area contributed by atoms with Gasteiger partial charge in [0.15, 0.2) is 0 Å². The molecule has 2 aromatic rings. The van der Waals surface area contributed by atoms with Gasteiger partial charge in [-0.05, 0) is 75.6 Å². The van der Waals surface area contributed by atoms with Crippen molar-refractivity contribution in [3.8, 4) is 0 Å². The van der Waals surface area contributed by atoms with Crippen LogP contribution in [0.2, 0.25) is 0 Å². The second-order valence-corrected chi connectivity index (χ2v) is 9.76. The molecule has 3 fully saturated rings. The number of carbonyl (C=O) groups is 2. The van der Waals surface area contributed by atoms with Gasteiger partial charge in [-0.3, -0.25) is 0 Å². The predicted molar refractivity (Wildman–Crippen MR) is 117 cm³/mol. The third kappa shape index (κ3) is 3.55. The summed E-state index contributed by atoms with van der Waals surface area (Å²) in [6, 6.07) is 18.0. The van der Waals surface area contributed by atoms with Crippen molar-refractivity contribution in [1.82, 2.24) is 5.32 Å². The maximum Gasteiger partial charge on any atom is 0.338 e. The molecular weight excluding hydrogens is 390 g/mol. The van der Waals surface area contributed by atoms with Crippen molar-refractivity contribution in [3.05, 3.63) is 71.8 Å². The van der Waals surface area contributed by atoms with Crippen molar-refractivity contribution in [2.75, 3.05) is 0 Å². The zero-order chi connectivity index (χ0) is 21.6. The van der Waals surface area contributed by atoms with Crippen LogP contribution in [0.1, 0.15) is 60.2 Å². The summed E-state index contributed by atoms with van der Waals surface area (Å²) in [6.07, 6.45) is 2.74. The van der Waals surface area contributed by atoms with E-state index in [1.807, 2.05) is 36.4 Å². The molecule has 6 atom stereocenters. The van der Waals surface area contributed by atoms with Gasteiger partial charge in [-0.15, -0.1) is 0 Å². The largest absolute Gasteiger partial charge is 0.455 e. The standard InChI is InChI=1S/C26H29NO4/c1-25-13-14-26(2,27-25)20-16-22(31-24(29)18-11-7-4-8-12-18)21(15-19(20)25)30-23(28)17-9-5-3-6-10-17/h3-12,19-22,27H,13-16H2,1-2H3. The van der Waals surface area contributed by atoms with Crippen LogP contribution in [0, 0.1) is 11.8 Å². The van der Waals surface area contributed by atoms with Gasteiger partial charge in [0, 0.05) is 11.1 Å². The zero-order valence-corrected chi connectivity index (χ0v) is 18.0. The summed E-state index contributed by atoms with van der Waals surface area (Å²) < 4.78 is 12.0. The molecule has 6 unspecified atom stereocenters. The summed E-state index contributed by atoms with van der Waals surface area (Å²) in [6.45, 7) is 4.57. The quantitative estimate of drug-likeness (QED) is 0.745. The Labute approximate surface area is 183 Å². The third-order valence-electron chi connectivity index (χ3n) is 7.78. The van der Waals surface area contributed by atoms with E-state index in [2.05, 4.69) is 19.2 Å². The van der Waals surface area contributed by atoms with E-state index in [4.69, 9.17) is 9.47 Å². The maximum absolute atomic E-state index is 12.8. The monoisotopic (exact) mass is 419 g/mol. The molecule has 2 aromatic carbocycles. The van der Waals surface area contributed by atoms with Crippen LogP contribution < -0.4 is 5.32 Å². The fraction of sp³-hybridized carbons (Fsp3) is 0.462. The molecule has 5 rings (SSSR count). The SMILES string of the molecule is CC12CCC(C)(N1)C1CC(OC(=O)c3ccccc3)C(OC(=O)c3ccccc3)CC12. The lowest BCUT2D eigenvalue weighted by molar-refractivity contribution is -0.0848. The van der Waals surface area contributed by atoms with Crippen molar-refractivity contribution in [1.29, 1.82) is 0 Å². The number of esters is 2. The van der Waals surface area contributed by atoms with Gasteiger partial charge >= 0.3 is 11.9 Å². The van der Waals surface area contributed by atoms with Crippen molar-refractivity contribution in [2.45, 2.75) is 62.8 Å². The van der Waals surface area contributed by atoms with Gasteiger partial charge in [-0.2, -0.15) is 0 Å². The molecular formula is C26H29NO4. The summed E-state index contributed by atoms with van der Waals surface area (Å²) in [5.74, 6) is 0.0626. The van der Waals surface area contributed by atoms with Gasteiger partial charge in [0.25, 0.3) is 0 Å². The highest BCUT2D eigenvalue weighted by molar-refractivity contribution is 5.90. The summed E-state index contributed by atoms with van der Waals surface area (Å²) in [5.41, 5.74) is 1.13. The first-order valence-corrected chi connectivity index (χ1v) is 11.2. The highest BCUT2D eigenvalue weighted by Gasteiger charge is 2.64. The Kier molecular flexibility index (Phi) is 4.89. The number of carbonyl (C=O) groups excluding carboxylic acids is 2. The summed E-state index contributed by atoms with van der Waals surface area (Å²) in [5, 5.41) is 3.85. The summed E-state index contributed by atoms with van der Waals surface area (Å²) >= 11 is 0. The van der Waals surface area contributed by atoms with Crippen molar-refractivity contribution >= 4 is 11.9 Å². The summed E-state index contributed by atoms with van der Waals surface area (Å²) in [7, 11) is 0. The number of nitrogens with one attached hydrogen (secondary N) is 1. The first-order chi connectivity index (χ1) is 14.9. The summed E-state index contributed by atoms with van der Waals surface area (Å²) in [4.78, 5) is 25.7. The number of hydrogen-bond acceptors (Lipinski definition) is 5. The Morgan fingerprint density at radius 3 is 1.52 bits per heavy atom. The van der Waals surface area contributed by atoms with Gasteiger partial charge in [-0.25, -0.2) is 9.59 Å². The maximum atomic E-state index is 12.8. The molecule has 162 valence electrons. The molecule has 2 saturated heterocycles. The number of fused-ring (bicyclic) bond motifs is 5. The molecule has 2 bridgehead atoms. The van der Waals surface area contributed by atoms with Gasteiger partial charge in [-0.1, -0.05) is 36.4 Å². The van der Waals surface area contributed by atoms with Crippen molar-refractivity contribution in [3.63, 3.8) is 0 Å². The van der Waals surface area contributed by atoms with Gasteiger partial charge in [0.1, 0.15) is 12.2 Å². The smallest absolute Gasteiger partial charge is 0.338 e. The Bertz CT molecular complexity index is 898. The molecule has 0 radical (unpaired) electrons. The second kappa shape index (κ2) is 7.49. The van der Waals surface area contributed by atoms with Crippen LogP contribution >= 0.6 is 0 Å². The van der Waals surface area contributed by atoms with Crippen LogP contribution in [0.3, 0.4) is 0 Å². The molecule has 0 amide bonds. The lowest BCUT2D eigenvalue weighted by Gasteiger charge is -2.46. The van der Waals surface area contributed by atoms with Gasteiger partial charge in [0.05, 0.1) is 11.1 Å². The minimum absolute atomic E-state index is 0.0469. The number of rotatable bonds is 4. The normalized spacial score (nSPS) is 35.9. The molecule has 0 aromatic heterocycles. The van der Waals surface area contributed by atoms with E-state index in [0.717, 1.165) is 12.8 Å². The minimum atomic E-state index is -0.455. The van der Waals surface area contributed by atoms with Crippen LogP contribution in [-0.4, -0.2) is 35.2 Å².